The third kappa shape index (κ3) is 2.86. The van der Waals surface area contributed by atoms with Crippen molar-refractivity contribution in [2.24, 2.45) is 11.7 Å². The smallest absolute Gasteiger partial charge is 0.0459 e. The van der Waals surface area contributed by atoms with Crippen molar-refractivity contribution in [3.8, 4) is 0 Å². The van der Waals surface area contributed by atoms with Gasteiger partial charge in [0.05, 0.1) is 0 Å². The average molecular weight is 166 g/mol. The summed E-state index contributed by atoms with van der Waals surface area (Å²) in [5.74, 6) is 0.546. The lowest BCUT2D eigenvalue weighted by atomic mass is 9.87. The van der Waals surface area contributed by atoms with Gasteiger partial charge in [-0.05, 0) is 31.6 Å². The van der Waals surface area contributed by atoms with Gasteiger partial charge in [0.15, 0.2) is 0 Å². The summed E-state index contributed by atoms with van der Waals surface area (Å²) in [6.45, 7) is 0.354. The Morgan fingerprint density at radius 1 is 1.20 bits per heavy atom. The number of hydrogen-bond acceptors (Lipinski definition) is 2. The summed E-state index contributed by atoms with van der Waals surface area (Å²) in [5, 5.41) is 8.74. The van der Waals surface area contributed by atoms with Gasteiger partial charge in [-0.3, -0.25) is 0 Å². The van der Waals surface area contributed by atoms with Gasteiger partial charge >= 0.3 is 0 Å². The predicted octanol–water partition coefficient (Wildman–Crippen LogP) is 0.918. The van der Waals surface area contributed by atoms with Gasteiger partial charge in [0.1, 0.15) is 0 Å². The Morgan fingerprint density at radius 2 is 1.70 bits per heavy atom. The van der Waals surface area contributed by atoms with Gasteiger partial charge in [0.2, 0.25) is 0 Å². The van der Waals surface area contributed by atoms with Crippen LogP contribution < -0.4 is 5.73 Å². The van der Waals surface area contributed by atoms with Crippen LogP contribution in [0, 0.1) is 5.92 Å². The number of hydrogen-bond donors (Lipinski definition) is 2. The first kappa shape index (κ1) is 10.2. The normalized spacial score (nSPS) is 33.0. The van der Waals surface area contributed by atoms with E-state index in [1.807, 2.05) is 0 Å². The lowest BCUT2D eigenvalue weighted by Crippen LogP contribution is -2.27. The maximum Gasteiger partial charge on any atom is 0.0459 e. The van der Waals surface area contributed by atoms with Gasteiger partial charge in [0.25, 0.3) is 0 Å². The van der Waals surface area contributed by atoms with Crippen LogP contribution in [0.2, 0.25) is 0 Å². The SMILES string of the molecule is Cl.N[C@H]1CC[C@H](CO)CC1. The highest BCUT2D eigenvalue weighted by atomic mass is 35.5. The van der Waals surface area contributed by atoms with Gasteiger partial charge in [-0.25, -0.2) is 0 Å². The van der Waals surface area contributed by atoms with Crippen LogP contribution in [0.15, 0.2) is 0 Å². The maximum absolute atomic E-state index is 8.74. The summed E-state index contributed by atoms with van der Waals surface area (Å²) in [6, 6.07) is 0.410. The van der Waals surface area contributed by atoms with Crippen LogP contribution in [0.25, 0.3) is 0 Å². The number of aliphatic hydroxyl groups is 1. The molecule has 0 heterocycles. The molecule has 1 saturated carbocycles. The third-order valence-electron chi connectivity index (χ3n) is 2.15. The molecule has 62 valence electrons. The Labute approximate surface area is 68.2 Å². The first-order chi connectivity index (χ1) is 4.33. The van der Waals surface area contributed by atoms with Crippen LogP contribution in [0.3, 0.4) is 0 Å². The van der Waals surface area contributed by atoms with Crippen molar-refractivity contribution in [3.63, 3.8) is 0 Å². The molecule has 0 atom stereocenters. The van der Waals surface area contributed by atoms with E-state index in [9.17, 15) is 0 Å². The Hall–Kier alpha value is 0.210. The summed E-state index contributed by atoms with van der Waals surface area (Å²) in [5.41, 5.74) is 5.67. The van der Waals surface area contributed by atoms with E-state index in [0.717, 1.165) is 25.7 Å². The molecule has 0 aromatic carbocycles. The number of halogens is 1. The zero-order valence-electron chi connectivity index (χ0n) is 6.12. The monoisotopic (exact) mass is 165 g/mol. The van der Waals surface area contributed by atoms with Gasteiger partial charge in [-0.1, -0.05) is 0 Å². The lowest BCUT2D eigenvalue weighted by molar-refractivity contribution is 0.183. The first-order valence-corrected chi connectivity index (χ1v) is 3.69. The Morgan fingerprint density at radius 3 is 2.10 bits per heavy atom. The molecule has 0 aromatic rings. The van der Waals surface area contributed by atoms with Crippen LogP contribution in [-0.4, -0.2) is 17.8 Å². The molecule has 1 rings (SSSR count). The molecule has 0 saturated heterocycles. The van der Waals surface area contributed by atoms with Crippen molar-refractivity contribution in [2.45, 2.75) is 31.7 Å². The summed E-state index contributed by atoms with van der Waals surface area (Å²) >= 11 is 0. The van der Waals surface area contributed by atoms with Crippen molar-refractivity contribution in [3.05, 3.63) is 0 Å². The number of rotatable bonds is 1. The molecular weight excluding hydrogens is 150 g/mol. The summed E-state index contributed by atoms with van der Waals surface area (Å²) in [7, 11) is 0. The molecule has 0 aliphatic heterocycles. The molecule has 3 heteroatoms. The fourth-order valence-corrected chi connectivity index (χ4v) is 1.37. The Bertz CT molecular complexity index is 81.7. The van der Waals surface area contributed by atoms with Gasteiger partial charge in [-0.2, -0.15) is 0 Å². The van der Waals surface area contributed by atoms with E-state index in [1.54, 1.807) is 0 Å². The highest BCUT2D eigenvalue weighted by molar-refractivity contribution is 5.85. The van der Waals surface area contributed by atoms with E-state index in [4.69, 9.17) is 10.8 Å². The molecule has 0 spiro atoms. The zero-order chi connectivity index (χ0) is 6.69. The molecule has 1 fully saturated rings. The number of aliphatic hydroxyl groups excluding tert-OH is 1. The molecule has 3 N–H and O–H groups in total. The Kier molecular flexibility index (Phi) is 5.04. The molecule has 0 aromatic heterocycles. The van der Waals surface area contributed by atoms with Crippen molar-refractivity contribution < 1.29 is 5.11 Å². The fraction of sp³-hybridized carbons (Fsp3) is 1.00. The van der Waals surface area contributed by atoms with Crippen molar-refractivity contribution in [1.29, 1.82) is 0 Å². The lowest BCUT2D eigenvalue weighted by Gasteiger charge is -2.23. The summed E-state index contributed by atoms with van der Waals surface area (Å²) < 4.78 is 0. The van der Waals surface area contributed by atoms with Crippen molar-refractivity contribution >= 4 is 12.4 Å². The quantitative estimate of drug-likeness (QED) is 0.607. The third-order valence-corrected chi connectivity index (χ3v) is 2.15. The molecular formula is C7H16ClNO. The van der Waals surface area contributed by atoms with Crippen molar-refractivity contribution in [1.82, 2.24) is 0 Å². The van der Waals surface area contributed by atoms with Gasteiger partial charge < -0.3 is 10.8 Å². The van der Waals surface area contributed by atoms with Gasteiger partial charge in [-0.15, -0.1) is 12.4 Å². The van der Waals surface area contributed by atoms with Crippen LogP contribution in [0.5, 0.6) is 0 Å². The van der Waals surface area contributed by atoms with E-state index in [-0.39, 0.29) is 12.4 Å². The average Bonchev–Trinajstić information content (AvgIpc) is 1.90. The fourth-order valence-electron chi connectivity index (χ4n) is 1.37. The van der Waals surface area contributed by atoms with Crippen LogP contribution in [0.1, 0.15) is 25.7 Å². The molecule has 2 nitrogen and oxygen atoms in total. The van der Waals surface area contributed by atoms with E-state index in [2.05, 4.69) is 0 Å². The topological polar surface area (TPSA) is 46.2 Å². The summed E-state index contributed by atoms with van der Waals surface area (Å²) in [6.07, 6.45) is 4.45. The van der Waals surface area contributed by atoms with E-state index in [0.29, 0.717) is 18.6 Å². The molecule has 0 radical (unpaired) electrons. The predicted molar refractivity (Wildman–Crippen MR) is 44.3 cm³/mol. The van der Waals surface area contributed by atoms with Crippen LogP contribution >= 0.6 is 12.4 Å². The molecule has 0 amide bonds. The van der Waals surface area contributed by atoms with Crippen molar-refractivity contribution in [2.75, 3.05) is 6.61 Å². The second kappa shape index (κ2) is 4.94. The first-order valence-electron chi connectivity index (χ1n) is 3.69. The molecule has 1 aliphatic rings. The number of nitrogens with two attached hydrogens (primary N) is 1. The van der Waals surface area contributed by atoms with E-state index < -0.39 is 0 Å². The molecule has 0 unspecified atom stereocenters. The maximum atomic E-state index is 8.74. The second-order valence-corrected chi connectivity index (χ2v) is 2.96. The highest BCUT2D eigenvalue weighted by Crippen LogP contribution is 2.21. The minimum atomic E-state index is 0. The van der Waals surface area contributed by atoms with Gasteiger partial charge in [0, 0.05) is 12.6 Å². The Balaban J connectivity index is 0.000000810. The highest BCUT2D eigenvalue weighted by Gasteiger charge is 2.16. The largest absolute Gasteiger partial charge is 0.396 e. The second-order valence-electron chi connectivity index (χ2n) is 2.96. The minimum absolute atomic E-state index is 0. The van der Waals surface area contributed by atoms with E-state index in [1.165, 1.54) is 0 Å². The van der Waals surface area contributed by atoms with E-state index >= 15 is 0 Å². The van der Waals surface area contributed by atoms with Crippen LogP contribution in [0.4, 0.5) is 0 Å². The summed E-state index contributed by atoms with van der Waals surface area (Å²) in [4.78, 5) is 0. The van der Waals surface area contributed by atoms with Crippen LogP contribution in [-0.2, 0) is 0 Å². The zero-order valence-corrected chi connectivity index (χ0v) is 6.94. The molecule has 10 heavy (non-hydrogen) atoms. The standard InChI is InChI=1S/C7H15NO.ClH/c8-7-3-1-6(5-9)2-4-7;/h6-7,9H,1-5,8H2;1H/t6-,7-;. The minimum Gasteiger partial charge on any atom is -0.396 e. The molecule has 1 aliphatic carbocycles. The molecule has 0 bridgehead atoms.